The molecule has 0 saturated carbocycles. The number of Topliss-reactive ketones (excluding diaryl/α,β-unsaturated/α-hetero) is 1. The largest absolute Gasteiger partial charge is 0.376 e. The van der Waals surface area contributed by atoms with Crippen LogP contribution in [-0.2, 0) is 4.74 Å². The highest BCUT2D eigenvalue weighted by Crippen LogP contribution is 2.22. The van der Waals surface area contributed by atoms with Gasteiger partial charge < -0.3 is 9.64 Å². The molecule has 3 heteroatoms. The van der Waals surface area contributed by atoms with Crippen molar-refractivity contribution in [1.29, 1.82) is 0 Å². The molecule has 1 aromatic carbocycles. The minimum atomic E-state index is 0.113. The lowest BCUT2D eigenvalue weighted by atomic mass is 10.1. The number of para-hydroxylation sites is 1. The highest BCUT2D eigenvalue weighted by atomic mass is 16.5. The van der Waals surface area contributed by atoms with Gasteiger partial charge in [-0.15, -0.1) is 0 Å². The number of anilines is 1. The molecule has 18 heavy (non-hydrogen) atoms. The molecule has 1 aromatic rings. The first-order chi connectivity index (χ1) is 8.68. The summed E-state index contributed by atoms with van der Waals surface area (Å²) in [6, 6.07) is 7.76. The number of ketones is 1. The van der Waals surface area contributed by atoms with E-state index in [0.29, 0.717) is 6.10 Å². The van der Waals surface area contributed by atoms with Crippen molar-refractivity contribution in [1.82, 2.24) is 0 Å². The van der Waals surface area contributed by atoms with Crippen molar-refractivity contribution in [2.75, 3.05) is 25.1 Å². The lowest BCUT2D eigenvalue weighted by molar-refractivity contribution is 0.0216. The summed E-state index contributed by atoms with van der Waals surface area (Å²) < 4.78 is 5.74. The van der Waals surface area contributed by atoms with E-state index in [1.165, 1.54) is 12.8 Å². The molecule has 0 N–H and O–H groups in total. The van der Waals surface area contributed by atoms with Crippen molar-refractivity contribution in [2.45, 2.75) is 32.3 Å². The number of hydrogen-bond acceptors (Lipinski definition) is 3. The average molecular weight is 247 g/mol. The fourth-order valence-electron chi connectivity index (χ4n) is 2.46. The number of benzene rings is 1. The van der Waals surface area contributed by atoms with Crippen LogP contribution in [0.1, 0.15) is 36.5 Å². The van der Waals surface area contributed by atoms with Crippen LogP contribution in [0.25, 0.3) is 0 Å². The van der Waals surface area contributed by atoms with Crippen LogP contribution in [-0.4, -0.2) is 32.1 Å². The standard InChI is InChI=1S/C15H21NO2/c1-12(17)14-8-3-4-9-15(14)16(2)11-13-7-5-6-10-18-13/h3-4,8-9,13H,5-7,10-11H2,1-2H3. The van der Waals surface area contributed by atoms with Crippen molar-refractivity contribution < 1.29 is 9.53 Å². The molecule has 98 valence electrons. The first-order valence-electron chi connectivity index (χ1n) is 6.61. The molecule has 1 aliphatic rings. The molecule has 1 saturated heterocycles. The van der Waals surface area contributed by atoms with Gasteiger partial charge in [-0.2, -0.15) is 0 Å². The third-order valence-electron chi connectivity index (χ3n) is 3.45. The minimum Gasteiger partial charge on any atom is -0.376 e. The molecule has 1 atom stereocenters. The average Bonchev–Trinajstić information content (AvgIpc) is 2.40. The molecule has 0 aromatic heterocycles. The Morgan fingerprint density at radius 1 is 1.39 bits per heavy atom. The normalized spacial score (nSPS) is 19.6. The van der Waals surface area contributed by atoms with E-state index in [2.05, 4.69) is 4.90 Å². The van der Waals surface area contributed by atoms with Gasteiger partial charge in [0, 0.05) is 31.5 Å². The zero-order valence-corrected chi connectivity index (χ0v) is 11.2. The topological polar surface area (TPSA) is 29.5 Å². The Morgan fingerprint density at radius 2 is 2.17 bits per heavy atom. The van der Waals surface area contributed by atoms with Crippen LogP contribution in [0, 0.1) is 0 Å². The first-order valence-corrected chi connectivity index (χ1v) is 6.61. The van der Waals surface area contributed by atoms with Gasteiger partial charge in [0.1, 0.15) is 0 Å². The van der Waals surface area contributed by atoms with Gasteiger partial charge in [-0.3, -0.25) is 4.79 Å². The molecule has 1 heterocycles. The number of carbonyl (C=O) groups excluding carboxylic acids is 1. The van der Waals surface area contributed by atoms with E-state index in [9.17, 15) is 4.79 Å². The first kappa shape index (κ1) is 13.1. The number of likely N-dealkylation sites (N-methyl/N-ethyl adjacent to an activating group) is 1. The van der Waals surface area contributed by atoms with Gasteiger partial charge in [0.2, 0.25) is 0 Å². The van der Waals surface area contributed by atoms with Crippen LogP contribution in [0.4, 0.5) is 5.69 Å². The summed E-state index contributed by atoms with van der Waals surface area (Å²) in [5, 5.41) is 0. The number of ether oxygens (including phenoxy) is 1. The molecule has 0 amide bonds. The molecule has 1 unspecified atom stereocenters. The Balaban J connectivity index is 2.08. The van der Waals surface area contributed by atoms with Crippen molar-refractivity contribution in [3.8, 4) is 0 Å². The Bertz CT molecular complexity index is 411. The van der Waals surface area contributed by atoms with E-state index < -0.39 is 0 Å². The summed E-state index contributed by atoms with van der Waals surface area (Å²) in [5.74, 6) is 0.113. The smallest absolute Gasteiger partial charge is 0.161 e. The monoisotopic (exact) mass is 247 g/mol. The SMILES string of the molecule is CC(=O)c1ccccc1N(C)CC1CCCCO1. The van der Waals surface area contributed by atoms with Crippen molar-refractivity contribution in [3.05, 3.63) is 29.8 Å². The highest BCUT2D eigenvalue weighted by Gasteiger charge is 2.18. The molecule has 0 aliphatic carbocycles. The third-order valence-corrected chi connectivity index (χ3v) is 3.45. The molecule has 0 radical (unpaired) electrons. The summed E-state index contributed by atoms with van der Waals surface area (Å²) >= 11 is 0. The highest BCUT2D eigenvalue weighted by molar-refractivity contribution is 5.99. The lowest BCUT2D eigenvalue weighted by Gasteiger charge is -2.29. The lowest BCUT2D eigenvalue weighted by Crippen LogP contribution is -2.34. The van der Waals surface area contributed by atoms with Gasteiger partial charge >= 0.3 is 0 Å². The third kappa shape index (κ3) is 3.10. The van der Waals surface area contributed by atoms with E-state index in [0.717, 1.165) is 30.8 Å². The maximum Gasteiger partial charge on any atom is 0.161 e. The number of carbonyl (C=O) groups is 1. The van der Waals surface area contributed by atoms with Gasteiger partial charge in [-0.25, -0.2) is 0 Å². The summed E-state index contributed by atoms with van der Waals surface area (Å²) in [7, 11) is 2.03. The zero-order chi connectivity index (χ0) is 13.0. The van der Waals surface area contributed by atoms with Crippen LogP contribution < -0.4 is 4.90 Å². The quantitative estimate of drug-likeness (QED) is 0.766. The Labute approximate surface area is 109 Å². The Kier molecular flexibility index (Phi) is 4.37. The fraction of sp³-hybridized carbons (Fsp3) is 0.533. The van der Waals surface area contributed by atoms with Crippen LogP contribution in [0.15, 0.2) is 24.3 Å². The molecule has 1 aliphatic heterocycles. The van der Waals surface area contributed by atoms with E-state index in [-0.39, 0.29) is 5.78 Å². The molecular formula is C15H21NO2. The van der Waals surface area contributed by atoms with Gasteiger partial charge in [0.25, 0.3) is 0 Å². The Hall–Kier alpha value is -1.35. The molecule has 3 nitrogen and oxygen atoms in total. The summed E-state index contributed by atoms with van der Waals surface area (Å²) in [5.41, 5.74) is 1.79. The molecule has 0 spiro atoms. The van der Waals surface area contributed by atoms with Crippen molar-refractivity contribution >= 4 is 11.5 Å². The predicted octanol–water partition coefficient (Wildman–Crippen LogP) is 2.89. The Morgan fingerprint density at radius 3 is 2.83 bits per heavy atom. The molecular weight excluding hydrogens is 226 g/mol. The number of rotatable bonds is 4. The van der Waals surface area contributed by atoms with Crippen LogP contribution in [0.3, 0.4) is 0 Å². The second-order valence-corrected chi connectivity index (χ2v) is 4.94. The van der Waals surface area contributed by atoms with Gasteiger partial charge in [-0.1, -0.05) is 12.1 Å². The summed E-state index contributed by atoms with van der Waals surface area (Å²) in [4.78, 5) is 13.7. The molecule has 2 rings (SSSR count). The maximum atomic E-state index is 11.6. The van der Waals surface area contributed by atoms with Crippen LogP contribution in [0.2, 0.25) is 0 Å². The van der Waals surface area contributed by atoms with E-state index >= 15 is 0 Å². The second kappa shape index (κ2) is 6.01. The van der Waals surface area contributed by atoms with Gasteiger partial charge in [-0.05, 0) is 38.3 Å². The summed E-state index contributed by atoms with van der Waals surface area (Å²) in [6.45, 7) is 3.33. The predicted molar refractivity (Wildman–Crippen MR) is 73.3 cm³/mol. The van der Waals surface area contributed by atoms with Crippen LogP contribution in [0.5, 0.6) is 0 Å². The van der Waals surface area contributed by atoms with Gasteiger partial charge in [0.15, 0.2) is 5.78 Å². The zero-order valence-electron chi connectivity index (χ0n) is 11.2. The minimum absolute atomic E-state index is 0.113. The number of nitrogens with zero attached hydrogens (tertiary/aromatic N) is 1. The molecule has 1 fully saturated rings. The van der Waals surface area contributed by atoms with E-state index in [1.807, 2.05) is 31.3 Å². The van der Waals surface area contributed by atoms with Crippen molar-refractivity contribution in [3.63, 3.8) is 0 Å². The van der Waals surface area contributed by atoms with Gasteiger partial charge in [0.05, 0.1) is 6.10 Å². The second-order valence-electron chi connectivity index (χ2n) is 4.94. The summed E-state index contributed by atoms with van der Waals surface area (Å²) in [6.07, 6.45) is 3.83. The fourth-order valence-corrected chi connectivity index (χ4v) is 2.46. The van der Waals surface area contributed by atoms with Crippen LogP contribution >= 0.6 is 0 Å². The maximum absolute atomic E-state index is 11.6. The van der Waals surface area contributed by atoms with Crippen molar-refractivity contribution in [2.24, 2.45) is 0 Å². The van der Waals surface area contributed by atoms with E-state index in [1.54, 1.807) is 6.92 Å². The molecule has 0 bridgehead atoms. The number of hydrogen-bond donors (Lipinski definition) is 0. The van der Waals surface area contributed by atoms with E-state index in [4.69, 9.17) is 4.74 Å².